The van der Waals surface area contributed by atoms with Gasteiger partial charge in [0.15, 0.2) is 0 Å². The molecule has 2 aromatic rings. The molecule has 0 aliphatic carbocycles. The summed E-state index contributed by atoms with van der Waals surface area (Å²) in [6.07, 6.45) is 1.01. The van der Waals surface area contributed by atoms with E-state index in [1.807, 2.05) is 6.92 Å². The maximum Gasteiger partial charge on any atom is 0.271 e. The number of non-ortho nitro benzene ring substituents is 1. The lowest BCUT2D eigenvalue weighted by molar-refractivity contribution is -0.384. The van der Waals surface area contributed by atoms with Crippen molar-refractivity contribution in [2.45, 2.75) is 6.92 Å². The van der Waals surface area contributed by atoms with E-state index in [2.05, 4.69) is 5.32 Å². The van der Waals surface area contributed by atoms with Crippen LogP contribution in [0.25, 0.3) is 0 Å². The molecule has 0 saturated carbocycles. The molecule has 0 saturated heterocycles. The van der Waals surface area contributed by atoms with E-state index in [4.69, 9.17) is 0 Å². The Hall–Kier alpha value is -2.94. The van der Waals surface area contributed by atoms with Crippen molar-refractivity contribution >= 4 is 33.0 Å². The number of rotatable bonds is 6. The second-order valence-corrected chi connectivity index (χ2v) is 7.37. The Kier molecular flexibility index (Phi) is 5.38. The van der Waals surface area contributed by atoms with Gasteiger partial charge in [0, 0.05) is 17.8 Å². The molecule has 0 fully saturated rings. The summed E-state index contributed by atoms with van der Waals surface area (Å²) in [5, 5.41) is 13.2. The number of sulfonamides is 1. The van der Waals surface area contributed by atoms with Gasteiger partial charge < -0.3 is 5.32 Å². The highest BCUT2D eigenvalue weighted by molar-refractivity contribution is 7.92. The van der Waals surface area contributed by atoms with Gasteiger partial charge in [-0.25, -0.2) is 8.42 Å². The molecular formula is C16H17N3O5S. The van der Waals surface area contributed by atoms with Gasteiger partial charge in [-0.15, -0.1) is 0 Å². The van der Waals surface area contributed by atoms with Crippen molar-refractivity contribution in [3.05, 3.63) is 64.2 Å². The summed E-state index contributed by atoms with van der Waals surface area (Å²) in [4.78, 5) is 22.4. The minimum absolute atomic E-state index is 0.170. The van der Waals surface area contributed by atoms with Gasteiger partial charge in [-0.1, -0.05) is 23.8 Å². The van der Waals surface area contributed by atoms with Crippen LogP contribution < -0.4 is 9.62 Å². The fourth-order valence-corrected chi connectivity index (χ4v) is 3.00. The molecule has 0 aliphatic heterocycles. The number of anilines is 2. The van der Waals surface area contributed by atoms with E-state index in [9.17, 15) is 23.3 Å². The number of nitrogens with zero attached hydrogens (tertiary/aromatic N) is 2. The SMILES string of the molecule is Cc1ccc(N(CC(=O)Nc2cccc([N+](=O)[O-])c2)S(C)(=O)=O)cc1. The van der Waals surface area contributed by atoms with Crippen molar-refractivity contribution < 1.29 is 18.1 Å². The van der Waals surface area contributed by atoms with Crippen LogP contribution in [-0.4, -0.2) is 32.0 Å². The van der Waals surface area contributed by atoms with Gasteiger partial charge in [-0.2, -0.15) is 0 Å². The zero-order chi connectivity index (χ0) is 18.6. The fourth-order valence-electron chi connectivity index (χ4n) is 2.14. The molecule has 0 bridgehead atoms. The summed E-state index contributed by atoms with van der Waals surface area (Å²) < 4.78 is 25.0. The van der Waals surface area contributed by atoms with E-state index in [1.165, 1.54) is 24.3 Å². The number of nitrogens with one attached hydrogen (secondary N) is 1. The summed E-state index contributed by atoms with van der Waals surface area (Å²) in [6.45, 7) is 1.42. The molecule has 0 atom stereocenters. The van der Waals surface area contributed by atoms with E-state index in [-0.39, 0.29) is 11.4 Å². The topological polar surface area (TPSA) is 110 Å². The lowest BCUT2D eigenvalue weighted by Crippen LogP contribution is -2.37. The lowest BCUT2D eigenvalue weighted by atomic mass is 10.2. The molecule has 8 nitrogen and oxygen atoms in total. The Bertz CT molecular complexity index is 894. The van der Waals surface area contributed by atoms with Crippen LogP contribution >= 0.6 is 0 Å². The molecule has 2 rings (SSSR count). The van der Waals surface area contributed by atoms with Gasteiger partial charge in [0.05, 0.1) is 16.9 Å². The third-order valence-corrected chi connectivity index (χ3v) is 4.49. The Morgan fingerprint density at radius 3 is 2.40 bits per heavy atom. The maximum absolute atomic E-state index is 12.2. The molecule has 132 valence electrons. The summed E-state index contributed by atoms with van der Waals surface area (Å²) in [6, 6.07) is 12.1. The first-order valence-electron chi connectivity index (χ1n) is 7.25. The van der Waals surface area contributed by atoms with Crippen LogP contribution in [0.1, 0.15) is 5.56 Å². The predicted octanol–water partition coefficient (Wildman–Crippen LogP) is 2.31. The lowest BCUT2D eigenvalue weighted by Gasteiger charge is -2.22. The molecule has 0 spiro atoms. The number of hydrogen-bond donors (Lipinski definition) is 1. The smallest absolute Gasteiger partial charge is 0.271 e. The van der Waals surface area contributed by atoms with Crippen molar-refractivity contribution in [1.29, 1.82) is 0 Å². The Labute approximate surface area is 145 Å². The molecule has 0 aromatic heterocycles. The number of benzene rings is 2. The molecular weight excluding hydrogens is 346 g/mol. The van der Waals surface area contributed by atoms with E-state index >= 15 is 0 Å². The third-order valence-electron chi connectivity index (χ3n) is 3.35. The first-order valence-corrected chi connectivity index (χ1v) is 9.10. The second-order valence-electron chi connectivity index (χ2n) is 5.46. The van der Waals surface area contributed by atoms with Crippen molar-refractivity contribution in [3.8, 4) is 0 Å². The van der Waals surface area contributed by atoms with Crippen molar-refractivity contribution in [2.24, 2.45) is 0 Å². The average molecular weight is 363 g/mol. The quantitative estimate of drug-likeness (QED) is 0.625. The van der Waals surface area contributed by atoms with Crippen LogP contribution in [0.5, 0.6) is 0 Å². The maximum atomic E-state index is 12.2. The number of aryl methyl sites for hydroxylation is 1. The Morgan fingerprint density at radius 1 is 1.20 bits per heavy atom. The van der Waals surface area contributed by atoms with Crippen molar-refractivity contribution in [2.75, 3.05) is 22.4 Å². The normalized spacial score (nSPS) is 11.0. The monoisotopic (exact) mass is 363 g/mol. The van der Waals surface area contributed by atoms with Gasteiger partial charge in [0.2, 0.25) is 15.9 Å². The summed E-state index contributed by atoms with van der Waals surface area (Å²) in [7, 11) is -3.68. The predicted molar refractivity (Wildman–Crippen MR) is 95.1 cm³/mol. The fraction of sp³-hybridized carbons (Fsp3) is 0.188. The van der Waals surface area contributed by atoms with Crippen molar-refractivity contribution in [1.82, 2.24) is 0 Å². The summed E-state index contributed by atoms with van der Waals surface area (Å²) >= 11 is 0. The Balaban J connectivity index is 2.19. The number of nitro groups is 1. The third kappa shape index (κ3) is 5.01. The highest BCUT2D eigenvalue weighted by Crippen LogP contribution is 2.20. The molecule has 1 N–H and O–H groups in total. The average Bonchev–Trinajstić information content (AvgIpc) is 2.53. The molecule has 0 radical (unpaired) electrons. The summed E-state index contributed by atoms with van der Waals surface area (Å²) in [5.41, 5.74) is 1.37. The minimum atomic E-state index is -3.68. The first kappa shape index (κ1) is 18.4. The van der Waals surface area contributed by atoms with Crippen LogP contribution in [0.15, 0.2) is 48.5 Å². The molecule has 0 aliphatic rings. The number of carbonyl (C=O) groups excluding carboxylic acids is 1. The highest BCUT2D eigenvalue weighted by atomic mass is 32.2. The van der Waals surface area contributed by atoms with Gasteiger partial charge >= 0.3 is 0 Å². The number of carbonyl (C=O) groups is 1. The van der Waals surface area contributed by atoms with Gasteiger partial charge in [0.1, 0.15) is 6.54 Å². The molecule has 0 unspecified atom stereocenters. The highest BCUT2D eigenvalue weighted by Gasteiger charge is 2.21. The van der Waals surface area contributed by atoms with Gasteiger partial charge in [0.25, 0.3) is 5.69 Å². The van der Waals surface area contributed by atoms with Crippen LogP contribution in [0.3, 0.4) is 0 Å². The van der Waals surface area contributed by atoms with Crippen LogP contribution in [-0.2, 0) is 14.8 Å². The van der Waals surface area contributed by atoms with Gasteiger partial charge in [-0.3, -0.25) is 19.2 Å². The second kappa shape index (κ2) is 7.31. The van der Waals surface area contributed by atoms with E-state index in [0.717, 1.165) is 16.1 Å². The van der Waals surface area contributed by atoms with Crippen LogP contribution in [0.2, 0.25) is 0 Å². The number of nitro benzene ring substituents is 1. The zero-order valence-corrected chi connectivity index (χ0v) is 14.5. The molecule has 2 aromatic carbocycles. The van der Waals surface area contributed by atoms with E-state index in [0.29, 0.717) is 5.69 Å². The minimum Gasteiger partial charge on any atom is -0.324 e. The molecule has 1 amide bonds. The van der Waals surface area contributed by atoms with Crippen LogP contribution in [0, 0.1) is 17.0 Å². The largest absolute Gasteiger partial charge is 0.324 e. The molecule has 25 heavy (non-hydrogen) atoms. The van der Waals surface area contributed by atoms with Gasteiger partial charge in [-0.05, 0) is 25.1 Å². The first-order chi connectivity index (χ1) is 11.7. The van der Waals surface area contributed by atoms with Crippen molar-refractivity contribution in [3.63, 3.8) is 0 Å². The van der Waals surface area contributed by atoms with E-state index < -0.39 is 27.4 Å². The van der Waals surface area contributed by atoms with Crippen LogP contribution in [0.4, 0.5) is 17.1 Å². The number of amides is 1. The van der Waals surface area contributed by atoms with E-state index in [1.54, 1.807) is 24.3 Å². The zero-order valence-electron chi connectivity index (χ0n) is 13.7. The standard InChI is InChI=1S/C16H17N3O5S/c1-12-6-8-14(9-7-12)18(25(2,23)24)11-16(20)17-13-4-3-5-15(10-13)19(21)22/h3-10H,11H2,1-2H3,(H,17,20). The Morgan fingerprint density at radius 2 is 1.84 bits per heavy atom. The molecule has 9 heteroatoms. The summed E-state index contributed by atoms with van der Waals surface area (Å²) in [5.74, 6) is -0.605. The number of hydrogen-bond acceptors (Lipinski definition) is 5. The molecule has 0 heterocycles.